The van der Waals surface area contributed by atoms with E-state index in [4.69, 9.17) is 4.74 Å². The molecule has 4 rings (SSSR count). The first-order valence-corrected chi connectivity index (χ1v) is 9.89. The second-order valence-corrected chi connectivity index (χ2v) is 7.80. The van der Waals surface area contributed by atoms with E-state index in [1.54, 1.807) is 24.5 Å². The highest BCUT2D eigenvalue weighted by Gasteiger charge is 2.19. The number of benzene rings is 1. The van der Waals surface area contributed by atoms with Gasteiger partial charge in [0.25, 0.3) is 5.91 Å². The smallest absolute Gasteiger partial charge is 0.258 e. The van der Waals surface area contributed by atoms with Crippen molar-refractivity contribution in [1.29, 1.82) is 0 Å². The first-order valence-electron chi connectivity index (χ1n) is 9.07. The van der Waals surface area contributed by atoms with E-state index in [0.717, 1.165) is 42.5 Å². The first-order chi connectivity index (χ1) is 13.1. The summed E-state index contributed by atoms with van der Waals surface area (Å²) in [6, 6.07) is 7.37. The van der Waals surface area contributed by atoms with Crippen molar-refractivity contribution in [2.75, 3.05) is 25.5 Å². The molecule has 1 aliphatic heterocycles. The molecule has 140 valence electrons. The predicted octanol–water partition coefficient (Wildman–Crippen LogP) is 3.73. The van der Waals surface area contributed by atoms with Crippen molar-refractivity contribution in [3.63, 3.8) is 0 Å². The number of methoxy groups -OCH3 is 1. The lowest BCUT2D eigenvalue weighted by molar-refractivity contribution is 0.102. The number of rotatable bonds is 4. The van der Waals surface area contributed by atoms with Crippen LogP contribution in [-0.2, 0) is 0 Å². The number of piperidine rings is 1. The normalized spacial score (nSPS) is 15.0. The van der Waals surface area contributed by atoms with Crippen LogP contribution in [0, 0.1) is 6.92 Å². The lowest BCUT2D eigenvalue weighted by atomic mass is 9.97. The molecular weight excluding hydrogens is 360 g/mol. The maximum atomic E-state index is 12.9. The van der Waals surface area contributed by atoms with E-state index < -0.39 is 0 Å². The number of amides is 1. The second kappa shape index (κ2) is 7.62. The fourth-order valence-corrected chi connectivity index (χ4v) is 4.44. The zero-order chi connectivity index (χ0) is 18.8. The monoisotopic (exact) mass is 382 g/mol. The van der Waals surface area contributed by atoms with Crippen LogP contribution in [-0.4, -0.2) is 36.1 Å². The van der Waals surface area contributed by atoms with E-state index in [0.29, 0.717) is 22.4 Å². The van der Waals surface area contributed by atoms with Gasteiger partial charge in [0.15, 0.2) is 5.13 Å². The minimum absolute atomic E-state index is 0.176. The summed E-state index contributed by atoms with van der Waals surface area (Å²) < 4.78 is 5.30. The Balaban J connectivity index is 1.60. The Morgan fingerprint density at radius 2 is 2.11 bits per heavy atom. The molecule has 1 aliphatic rings. The van der Waals surface area contributed by atoms with Gasteiger partial charge in [-0.05, 0) is 63.0 Å². The van der Waals surface area contributed by atoms with Gasteiger partial charge in [-0.1, -0.05) is 0 Å². The molecule has 1 fully saturated rings. The SMILES string of the molecule is COc1ccc2nc(C)cc(C(=O)Nc3ncc(C4CCNCC4)s3)c2c1. The molecule has 2 aromatic heterocycles. The highest BCUT2D eigenvalue weighted by molar-refractivity contribution is 7.15. The molecular formula is C20H22N4O2S. The lowest BCUT2D eigenvalue weighted by Crippen LogP contribution is -2.26. The number of carbonyl (C=O) groups is 1. The van der Waals surface area contributed by atoms with Crippen molar-refractivity contribution in [1.82, 2.24) is 15.3 Å². The van der Waals surface area contributed by atoms with Gasteiger partial charge in [0.2, 0.25) is 0 Å². The van der Waals surface area contributed by atoms with Crippen LogP contribution in [0.3, 0.4) is 0 Å². The number of thiazole rings is 1. The van der Waals surface area contributed by atoms with Crippen LogP contribution in [0.4, 0.5) is 5.13 Å². The maximum absolute atomic E-state index is 12.9. The van der Waals surface area contributed by atoms with Crippen molar-refractivity contribution in [3.05, 3.63) is 46.6 Å². The standard InChI is InChI=1S/C20H22N4O2S/c1-12-9-16(15-10-14(26-2)3-4-17(15)23-12)19(25)24-20-22-11-18(27-20)13-5-7-21-8-6-13/h3-4,9-11,13,21H,5-8H2,1-2H3,(H,22,24,25). The van der Waals surface area contributed by atoms with Crippen LogP contribution in [0.1, 0.15) is 39.7 Å². The molecule has 0 unspecified atom stereocenters. The number of carbonyl (C=O) groups excluding carboxylic acids is 1. The minimum Gasteiger partial charge on any atom is -0.497 e. The average molecular weight is 382 g/mol. The van der Waals surface area contributed by atoms with Crippen molar-refractivity contribution in [2.45, 2.75) is 25.7 Å². The molecule has 0 bridgehead atoms. The molecule has 2 N–H and O–H groups in total. The van der Waals surface area contributed by atoms with Gasteiger partial charge in [-0.3, -0.25) is 15.1 Å². The zero-order valence-electron chi connectivity index (χ0n) is 15.4. The van der Waals surface area contributed by atoms with Crippen molar-refractivity contribution in [3.8, 4) is 5.75 Å². The van der Waals surface area contributed by atoms with Gasteiger partial charge in [0, 0.05) is 22.2 Å². The van der Waals surface area contributed by atoms with Gasteiger partial charge in [-0.15, -0.1) is 11.3 Å². The highest BCUT2D eigenvalue weighted by atomic mass is 32.1. The fourth-order valence-electron chi connectivity index (χ4n) is 3.46. The summed E-state index contributed by atoms with van der Waals surface area (Å²) in [6.45, 7) is 3.96. The summed E-state index contributed by atoms with van der Waals surface area (Å²) in [5.74, 6) is 1.05. The number of hydrogen-bond donors (Lipinski definition) is 2. The summed E-state index contributed by atoms with van der Waals surface area (Å²) in [5, 5.41) is 7.74. The van der Waals surface area contributed by atoms with Gasteiger partial charge in [-0.25, -0.2) is 4.98 Å². The number of nitrogens with zero attached hydrogens (tertiary/aromatic N) is 2. The van der Waals surface area contributed by atoms with Crippen LogP contribution >= 0.6 is 11.3 Å². The molecule has 0 spiro atoms. The molecule has 0 aliphatic carbocycles. The average Bonchev–Trinajstić information content (AvgIpc) is 3.16. The van der Waals surface area contributed by atoms with Crippen molar-refractivity contribution in [2.24, 2.45) is 0 Å². The van der Waals surface area contributed by atoms with Crippen molar-refractivity contribution < 1.29 is 9.53 Å². The summed E-state index contributed by atoms with van der Waals surface area (Å²) in [7, 11) is 1.61. The third kappa shape index (κ3) is 3.79. The van der Waals surface area contributed by atoms with Gasteiger partial charge in [0.1, 0.15) is 5.75 Å². The number of fused-ring (bicyclic) bond motifs is 1. The zero-order valence-corrected chi connectivity index (χ0v) is 16.2. The predicted molar refractivity (Wildman–Crippen MR) is 108 cm³/mol. The Morgan fingerprint density at radius 3 is 2.89 bits per heavy atom. The molecule has 0 atom stereocenters. The molecule has 0 radical (unpaired) electrons. The number of nitrogens with one attached hydrogen (secondary N) is 2. The van der Waals surface area contributed by atoms with Crippen LogP contribution < -0.4 is 15.4 Å². The van der Waals surface area contributed by atoms with Gasteiger partial charge in [0.05, 0.1) is 18.2 Å². The summed E-state index contributed by atoms with van der Waals surface area (Å²) in [5.41, 5.74) is 2.15. The van der Waals surface area contributed by atoms with E-state index >= 15 is 0 Å². The number of pyridine rings is 1. The summed E-state index contributed by atoms with van der Waals surface area (Å²) in [6.07, 6.45) is 4.13. The third-order valence-corrected chi connectivity index (χ3v) is 5.95. The number of anilines is 1. The largest absolute Gasteiger partial charge is 0.497 e. The first kappa shape index (κ1) is 17.9. The maximum Gasteiger partial charge on any atom is 0.258 e. The van der Waals surface area contributed by atoms with Crippen LogP contribution in [0.5, 0.6) is 5.75 Å². The van der Waals surface area contributed by atoms with Crippen LogP contribution in [0.15, 0.2) is 30.5 Å². The number of ether oxygens (including phenoxy) is 1. The molecule has 3 aromatic rings. The molecule has 7 heteroatoms. The Kier molecular flexibility index (Phi) is 5.05. The van der Waals surface area contributed by atoms with Crippen LogP contribution in [0.25, 0.3) is 10.9 Å². The van der Waals surface area contributed by atoms with Crippen molar-refractivity contribution >= 4 is 33.3 Å². The van der Waals surface area contributed by atoms with E-state index in [2.05, 4.69) is 20.6 Å². The van der Waals surface area contributed by atoms with Gasteiger partial charge in [-0.2, -0.15) is 0 Å². The second-order valence-electron chi connectivity index (χ2n) is 6.74. The number of aromatic nitrogens is 2. The van der Waals surface area contributed by atoms with Crippen LogP contribution in [0.2, 0.25) is 0 Å². The topological polar surface area (TPSA) is 76.1 Å². The number of hydrogen-bond acceptors (Lipinski definition) is 6. The quantitative estimate of drug-likeness (QED) is 0.719. The Hall–Kier alpha value is -2.51. The molecule has 1 aromatic carbocycles. The van der Waals surface area contributed by atoms with Gasteiger partial charge >= 0.3 is 0 Å². The molecule has 0 saturated carbocycles. The Labute approximate surface area is 162 Å². The minimum atomic E-state index is -0.176. The fraction of sp³-hybridized carbons (Fsp3) is 0.350. The van der Waals surface area contributed by atoms with E-state index in [9.17, 15) is 4.79 Å². The van der Waals surface area contributed by atoms with E-state index in [1.165, 1.54) is 4.88 Å². The summed E-state index contributed by atoms with van der Waals surface area (Å²) >= 11 is 1.57. The third-order valence-electron chi connectivity index (χ3n) is 4.87. The lowest BCUT2D eigenvalue weighted by Gasteiger charge is -2.20. The van der Waals surface area contributed by atoms with Gasteiger partial charge < -0.3 is 10.1 Å². The number of aryl methyl sites for hydroxylation is 1. The molecule has 3 heterocycles. The molecule has 1 saturated heterocycles. The van der Waals surface area contributed by atoms with E-state index in [-0.39, 0.29) is 5.91 Å². The molecule has 27 heavy (non-hydrogen) atoms. The molecule has 1 amide bonds. The Morgan fingerprint density at radius 1 is 1.30 bits per heavy atom. The molecule has 6 nitrogen and oxygen atoms in total. The Bertz CT molecular complexity index is 979. The highest BCUT2D eigenvalue weighted by Crippen LogP contribution is 2.32. The van der Waals surface area contributed by atoms with E-state index in [1.807, 2.05) is 31.3 Å². The summed E-state index contributed by atoms with van der Waals surface area (Å²) in [4.78, 5) is 23.1.